The standard InChI is InChI=1S/C35H38ClN3O5/c1-25(9-7-15-32(41)37(19-20-40)23-26-10-3-2-4-11-26)35(44)30-22-28(36)16-17-31(30)39(34(35)43)24-27-12-8-13-29(21-27)38-18-6-5-14-33(38)42/h2-4,7-13,16-17,21-22,25,40,44H,5-6,14-15,18-20,23-24H2,1H3/b9-7+/t25-,35+/m1/s1. The van der Waals surface area contributed by atoms with E-state index in [1.807, 2.05) is 54.6 Å². The number of halogens is 1. The van der Waals surface area contributed by atoms with E-state index in [0.29, 0.717) is 35.8 Å². The van der Waals surface area contributed by atoms with Gasteiger partial charge in [0.2, 0.25) is 11.8 Å². The minimum Gasteiger partial charge on any atom is -0.395 e. The summed E-state index contributed by atoms with van der Waals surface area (Å²) in [6.07, 6.45) is 5.77. The Morgan fingerprint density at radius 1 is 1.05 bits per heavy atom. The van der Waals surface area contributed by atoms with E-state index in [1.54, 1.807) is 52.0 Å². The Hall–Kier alpha value is -3.98. The second-order valence-electron chi connectivity index (χ2n) is 11.4. The maximum absolute atomic E-state index is 14.0. The maximum Gasteiger partial charge on any atom is 0.264 e. The van der Waals surface area contributed by atoms with E-state index in [2.05, 4.69) is 0 Å². The van der Waals surface area contributed by atoms with Crippen LogP contribution in [0.25, 0.3) is 0 Å². The average molecular weight is 616 g/mol. The van der Waals surface area contributed by atoms with Crippen molar-refractivity contribution in [3.05, 3.63) is 107 Å². The van der Waals surface area contributed by atoms with E-state index in [4.69, 9.17) is 11.6 Å². The van der Waals surface area contributed by atoms with Gasteiger partial charge in [0.15, 0.2) is 5.60 Å². The molecule has 2 atom stereocenters. The summed E-state index contributed by atoms with van der Waals surface area (Å²) >= 11 is 6.34. The highest BCUT2D eigenvalue weighted by Gasteiger charge is 2.52. The van der Waals surface area contributed by atoms with Crippen LogP contribution in [0.15, 0.2) is 84.9 Å². The van der Waals surface area contributed by atoms with Crippen molar-refractivity contribution in [3.63, 3.8) is 0 Å². The molecule has 2 N–H and O–H groups in total. The van der Waals surface area contributed by atoms with Gasteiger partial charge in [0.05, 0.1) is 18.8 Å². The molecule has 9 heteroatoms. The van der Waals surface area contributed by atoms with Crippen molar-refractivity contribution in [1.29, 1.82) is 0 Å². The number of piperidine rings is 1. The number of aliphatic hydroxyl groups excluding tert-OH is 1. The first kappa shape index (κ1) is 31.4. The van der Waals surface area contributed by atoms with Gasteiger partial charge in [0.25, 0.3) is 5.91 Å². The predicted octanol–water partition coefficient (Wildman–Crippen LogP) is 5.19. The van der Waals surface area contributed by atoms with Crippen LogP contribution >= 0.6 is 11.6 Å². The molecule has 0 saturated carbocycles. The Labute approximate surface area is 263 Å². The largest absolute Gasteiger partial charge is 0.395 e. The fraction of sp³-hybridized carbons (Fsp3) is 0.343. The monoisotopic (exact) mass is 615 g/mol. The fourth-order valence-corrected chi connectivity index (χ4v) is 6.19. The number of hydrogen-bond acceptors (Lipinski definition) is 5. The van der Waals surface area contributed by atoms with Crippen LogP contribution in [0.2, 0.25) is 5.02 Å². The Morgan fingerprint density at radius 3 is 2.57 bits per heavy atom. The number of aliphatic hydroxyl groups is 2. The first-order chi connectivity index (χ1) is 21.2. The van der Waals surface area contributed by atoms with Gasteiger partial charge in [-0.1, -0.05) is 73.1 Å². The number of anilines is 2. The number of hydrogen-bond donors (Lipinski definition) is 2. The summed E-state index contributed by atoms with van der Waals surface area (Å²) in [5, 5.41) is 21.9. The Balaban J connectivity index is 1.34. The van der Waals surface area contributed by atoms with Gasteiger partial charge in [-0.05, 0) is 54.3 Å². The molecule has 0 bridgehead atoms. The lowest BCUT2D eigenvalue weighted by molar-refractivity contribution is -0.139. The minimum absolute atomic E-state index is 0.0512. The zero-order valence-corrected chi connectivity index (χ0v) is 25.6. The Morgan fingerprint density at radius 2 is 1.82 bits per heavy atom. The molecule has 1 fully saturated rings. The van der Waals surface area contributed by atoms with Crippen molar-refractivity contribution in [3.8, 4) is 0 Å². The van der Waals surface area contributed by atoms with Crippen molar-refractivity contribution in [1.82, 2.24) is 4.90 Å². The van der Waals surface area contributed by atoms with Gasteiger partial charge < -0.3 is 24.9 Å². The summed E-state index contributed by atoms with van der Waals surface area (Å²) in [6, 6.07) is 22.2. The third kappa shape index (κ3) is 6.58. The number of nitrogens with zero attached hydrogens (tertiary/aromatic N) is 3. The molecule has 3 amide bonds. The van der Waals surface area contributed by atoms with Crippen LogP contribution in [0, 0.1) is 5.92 Å². The van der Waals surface area contributed by atoms with E-state index in [9.17, 15) is 24.6 Å². The highest BCUT2D eigenvalue weighted by molar-refractivity contribution is 6.31. The van der Waals surface area contributed by atoms with E-state index >= 15 is 0 Å². The molecule has 3 aromatic rings. The summed E-state index contributed by atoms with van der Waals surface area (Å²) < 4.78 is 0. The lowest BCUT2D eigenvalue weighted by Crippen LogP contribution is -2.44. The molecule has 230 valence electrons. The molecule has 0 aromatic heterocycles. The molecule has 2 aliphatic rings. The molecule has 2 aliphatic heterocycles. The number of rotatable bonds is 11. The first-order valence-electron chi connectivity index (χ1n) is 15.0. The first-order valence-corrected chi connectivity index (χ1v) is 15.4. The van der Waals surface area contributed by atoms with Crippen LogP contribution in [0.5, 0.6) is 0 Å². The molecule has 2 heterocycles. The van der Waals surface area contributed by atoms with Gasteiger partial charge in [0, 0.05) is 54.7 Å². The molecule has 5 rings (SSSR count). The normalized spacial score (nSPS) is 19.0. The quantitative estimate of drug-likeness (QED) is 0.289. The Bertz CT molecular complexity index is 1540. The lowest BCUT2D eigenvalue weighted by Gasteiger charge is -2.29. The lowest BCUT2D eigenvalue weighted by atomic mass is 9.83. The van der Waals surface area contributed by atoms with E-state index in [1.165, 1.54) is 0 Å². The second-order valence-corrected chi connectivity index (χ2v) is 11.9. The van der Waals surface area contributed by atoms with Crippen molar-refractivity contribution in [2.24, 2.45) is 5.92 Å². The van der Waals surface area contributed by atoms with Gasteiger partial charge in [-0.3, -0.25) is 14.4 Å². The molecule has 44 heavy (non-hydrogen) atoms. The number of benzene rings is 3. The fourth-order valence-electron chi connectivity index (χ4n) is 6.02. The van der Waals surface area contributed by atoms with Crippen LogP contribution in [-0.4, -0.2) is 52.5 Å². The zero-order valence-electron chi connectivity index (χ0n) is 24.9. The molecular formula is C35H38ClN3O5. The molecule has 3 aromatic carbocycles. The van der Waals surface area contributed by atoms with Crippen LogP contribution in [0.3, 0.4) is 0 Å². The summed E-state index contributed by atoms with van der Waals surface area (Å²) in [6.45, 7) is 3.04. The number of carbonyl (C=O) groups is 3. The van der Waals surface area contributed by atoms with Crippen LogP contribution in [0.4, 0.5) is 11.4 Å². The molecule has 0 radical (unpaired) electrons. The second kappa shape index (κ2) is 13.8. The minimum atomic E-state index is -1.89. The predicted molar refractivity (Wildman–Crippen MR) is 171 cm³/mol. The van der Waals surface area contributed by atoms with Crippen molar-refractivity contribution in [2.75, 3.05) is 29.5 Å². The molecule has 8 nitrogen and oxygen atoms in total. The van der Waals surface area contributed by atoms with Crippen molar-refractivity contribution in [2.45, 2.75) is 51.3 Å². The van der Waals surface area contributed by atoms with Crippen molar-refractivity contribution >= 4 is 40.7 Å². The smallest absolute Gasteiger partial charge is 0.264 e. The summed E-state index contributed by atoms with van der Waals surface area (Å²) in [5.74, 6) is -1.24. The van der Waals surface area contributed by atoms with Crippen LogP contribution < -0.4 is 9.80 Å². The van der Waals surface area contributed by atoms with Crippen LogP contribution in [0.1, 0.15) is 49.3 Å². The molecule has 1 saturated heterocycles. The average Bonchev–Trinajstić information content (AvgIpc) is 3.23. The van der Waals surface area contributed by atoms with Gasteiger partial charge in [-0.15, -0.1) is 0 Å². The summed E-state index contributed by atoms with van der Waals surface area (Å²) in [5.41, 5.74) is 1.67. The highest BCUT2D eigenvalue weighted by atomic mass is 35.5. The van der Waals surface area contributed by atoms with Crippen molar-refractivity contribution < 1.29 is 24.6 Å². The molecule has 0 unspecified atom stereocenters. The summed E-state index contributed by atoms with van der Waals surface area (Å²) in [4.78, 5) is 44.5. The Kier molecular flexibility index (Phi) is 9.84. The van der Waals surface area contributed by atoms with Gasteiger partial charge in [0.1, 0.15) is 0 Å². The van der Waals surface area contributed by atoms with Crippen LogP contribution in [-0.2, 0) is 33.1 Å². The molecule has 0 aliphatic carbocycles. The maximum atomic E-state index is 14.0. The van der Waals surface area contributed by atoms with Gasteiger partial charge in [-0.2, -0.15) is 0 Å². The van der Waals surface area contributed by atoms with E-state index in [0.717, 1.165) is 29.7 Å². The summed E-state index contributed by atoms with van der Waals surface area (Å²) in [7, 11) is 0. The van der Waals surface area contributed by atoms with E-state index in [-0.39, 0.29) is 37.9 Å². The van der Waals surface area contributed by atoms with Gasteiger partial charge >= 0.3 is 0 Å². The number of amides is 3. The van der Waals surface area contributed by atoms with Gasteiger partial charge in [-0.25, -0.2) is 0 Å². The van der Waals surface area contributed by atoms with E-state index < -0.39 is 17.4 Å². The third-order valence-corrected chi connectivity index (χ3v) is 8.67. The third-order valence-electron chi connectivity index (χ3n) is 8.43. The number of carbonyl (C=O) groups excluding carboxylic acids is 3. The highest BCUT2D eigenvalue weighted by Crippen LogP contribution is 2.46. The number of fused-ring (bicyclic) bond motifs is 1. The molecular weight excluding hydrogens is 578 g/mol. The molecule has 0 spiro atoms. The zero-order chi connectivity index (χ0) is 31.3. The topological polar surface area (TPSA) is 101 Å². The SMILES string of the molecule is C[C@H](/C=C/CC(=O)N(CCO)Cc1ccccc1)[C@@]1(O)C(=O)N(Cc2cccc(N3CCCCC3=O)c2)c2ccc(Cl)cc21.